The lowest BCUT2D eigenvalue weighted by Gasteiger charge is -2.14. The van der Waals surface area contributed by atoms with Gasteiger partial charge in [0.05, 0.1) is 6.04 Å². The summed E-state index contributed by atoms with van der Waals surface area (Å²) in [5.74, 6) is 0.704. The fourth-order valence-electron chi connectivity index (χ4n) is 2.33. The third-order valence-corrected chi connectivity index (χ3v) is 3.36. The maximum absolute atomic E-state index is 5.94. The summed E-state index contributed by atoms with van der Waals surface area (Å²) in [6, 6.07) is 20.6. The lowest BCUT2D eigenvalue weighted by Crippen LogP contribution is -2.10. The molecule has 0 saturated carbocycles. The molecule has 2 atom stereocenters. The molecule has 2 heteroatoms. The second-order valence-electron chi connectivity index (χ2n) is 4.90. The van der Waals surface area contributed by atoms with Crippen LogP contribution in [0.5, 0.6) is 0 Å². The summed E-state index contributed by atoms with van der Waals surface area (Å²) in [4.78, 5) is 4.57. The summed E-state index contributed by atoms with van der Waals surface area (Å²) >= 11 is 0. The predicted octanol–water partition coefficient (Wildman–Crippen LogP) is 4.26. The van der Waals surface area contributed by atoms with Crippen molar-refractivity contribution < 1.29 is 4.74 Å². The van der Waals surface area contributed by atoms with Gasteiger partial charge in [-0.3, -0.25) is 0 Å². The molecular formula is C18H17NO. The van der Waals surface area contributed by atoms with Gasteiger partial charge in [0.2, 0.25) is 5.90 Å². The number of hydrogen-bond acceptors (Lipinski definition) is 2. The van der Waals surface area contributed by atoms with E-state index in [1.54, 1.807) is 0 Å². The quantitative estimate of drug-likeness (QED) is 0.811. The normalized spacial score (nSPS) is 21.8. The number of rotatable bonds is 3. The standard InChI is InChI=1S/C18H17NO/c1-14-18(16-10-6-3-7-11-16)20-17(19-14)13-12-15-8-4-2-5-9-15/h2-14,18H,1H3/b13-12+/t14-,18+/m1/s1. The van der Waals surface area contributed by atoms with Crippen molar-refractivity contribution in [1.29, 1.82) is 0 Å². The summed E-state index contributed by atoms with van der Waals surface area (Å²) in [6.45, 7) is 2.08. The number of benzene rings is 2. The summed E-state index contributed by atoms with van der Waals surface area (Å²) in [7, 11) is 0. The van der Waals surface area contributed by atoms with Crippen molar-refractivity contribution in [2.45, 2.75) is 19.1 Å². The number of hydrogen-bond donors (Lipinski definition) is 0. The topological polar surface area (TPSA) is 21.6 Å². The van der Waals surface area contributed by atoms with Gasteiger partial charge in [-0.05, 0) is 24.1 Å². The van der Waals surface area contributed by atoms with Crippen molar-refractivity contribution in [2.24, 2.45) is 4.99 Å². The lowest BCUT2D eigenvalue weighted by atomic mass is 10.0. The molecule has 2 aromatic carbocycles. The van der Waals surface area contributed by atoms with Crippen molar-refractivity contribution in [1.82, 2.24) is 0 Å². The average Bonchev–Trinajstić information content (AvgIpc) is 2.88. The Labute approximate surface area is 119 Å². The van der Waals surface area contributed by atoms with Gasteiger partial charge in [-0.25, -0.2) is 4.99 Å². The van der Waals surface area contributed by atoms with E-state index >= 15 is 0 Å². The van der Waals surface area contributed by atoms with Crippen LogP contribution in [-0.2, 0) is 4.74 Å². The Morgan fingerprint density at radius 1 is 0.900 bits per heavy atom. The predicted molar refractivity (Wildman–Crippen MR) is 82.6 cm³/mol. The third kappa shape index (κ3) is 2.80. The zero-order chi connectivity index (χ0) is 13.8. The Bertz CT molecular complexity index is 616. The molecule has 0 unspecified atom stereocenters. The first-order chi connectivity index (χ1) is 9.83. The van der Waals surface area contributed by atoms with Crippen molar-refractivity contribution >= 4 is 12.0 Å². The fraction of sp³-hybridized carbons (Fsp3) is 0.167. The van der Waals surface area contributed by atoms with Crippen LogP contribution in [0, 0.1) is 0 Å². The molecule has 0 fully saturated rings. The zero-order valence-corrected chi connectivity index (χ0v) is 11.4. The first-order valence-corrected chi connectivity index (χ1v) is 6.85. The lowest BCUT2D eigenvalue weighted by molar-refractivity contribution is 0.203. The van der Waals surface area contributed by atoms with Gasteiger partial charge in [-0.2, -0.15) is 0 Å². The second-order valence-corrected chi connectivity index (χ2v) is 4.90. The molecule has 0 N–H and O–H groups in total. The molecule has 3 rings (SSSR count). The minimum atomic E-state index is 0.0200. The Balaban J connectivity index is 1.72. The van der Waals surface area contributed by atoms with Crippen molar-refractivity contribution in [3.63, 3.8) is 0 Å². The summed E-state index contributed by atoms with van der Waals surface area (Å²) < 4.78 is 5.94. The second kappa shape index (κ2) is 5.74. The van der Waals surface area contributed by atoms with Crippen LogP contribution in [0.2, 0.25) is 0 Å². The van der Waals surface area contributed by atoms with E-state index in [0.717, 1.165) is 5.56 Å². The fourth-order valence-corrected chi connectivity index (χ4v) is 2.33. The number of aliphatic imine (C=N–C) groups is 1. The molecule has 1 heterocycles. The van der Waals surface area contributed by atoms with Crippen LogP contribution in [-0.4, -0.2) is 11.9 Å². The van der Waals surface area contributed by atoms with Crippen LogP contribution in [0.4, 0.5) is 0 Å². The molecule has 20 heavy (non-hydrogen) atoms. The zero-order valence-electron chi connectivity index (χ0n) is 11.4. The smallest absolute Gasteiger partial charge is 0.209 e. The molecule has 1 aliphatic heterocycles. The van der Waals surface area contributed by atoms with Gasteiger partial charge in [-0.1, -0.05) is 60.7 Å². The van der Waals surface area contributed by atoms with E-state index < -0.39 is 0 Å². The van der Waals surface area contributed by atoms with Crippen LogP contribution in [0.25, 0.3) is 6.08 Å². The largest absolute Gasteiger partial charge is 0.467 e. The van der Waals surface area contributed by atoms with Gasteiger partial charge in [-0.15, -0.1) is 0 Å². The molecular weight excluding hydrogens is 246 g/mol. The Hall–Kier alpha value is -2.35. The highest BCUT2D eigenvalue weighted by Crippen LogP contribution is 2.29. The first kappa shape index (κ1) is 12.7. The maximum Gasteiger partial charge on any atom is 0.209 e. The maximum atomic E-state index is 5.94. The first-order valence-electron chi connectivity index (χ1n) is 6.85. The van der Waals surface area contributed by atoms with Crippen LogP contribution in [0.3, 0.4) is 0 Å². The SMILES string of the molecule is C[C@H]1N=C(/C=C/c2ccccc2)O[C@@H]1c1ccccc1. The summed E-state index contributed by atoms with van der Waals surface area (Å²) in [5, 5.41) is 0. The van der Waals surface area contributed by atoms with Crippen LogP contribution in [0.15, 0.2) is 71.7 Å². The molecule has 2 nitrogen and oxygen atoms in total. The van der Waals surface area contributed by atoms with Gasteiger partial charge in [0.15, 0.2) is 0 Å². The van der Waals surface area contributed by atoms with Crippen molar-refractivity contribution in [3.05, 3.63) is 77.9 Å². The van der Waals surface area contributed by atoms with E-state index in [9.17, 15) is 0 Å². The van der Waals surface area contributed by atoms with Crippen LogP contribution >= 0.6 is 0 Å². The number of nitrogens with zero attached hydrogens (tertiary/aromatic N) is 1. The average molecular weight is 263 g/mol. The molecule has 0 aliphatic carbocycles. The monoisotopic (exact) mass is 263 g/mol. The Morgan fingerprint density at radius 3 is 2.25 bits per heavy atom. The van der Waals surface area contributed by atoms with E-state index in [1.165, 1.54) is 5.56 Å². The van der Waals surface area contributed by atoms with Gasteiger partial charge in [0, 0.05) is 6.08 Å². The molecule has 0 saturated heterocycles. The van der Waals surface area contributed by atoms with E-state index in [2.05, 4.69) is 36.2 Å². The molecule has 0 amide bonds. The van der Waals surface area contributed by atoms with E-state index in [-0.39, 0.29) is 12.1 Å². The van der Waals surface area contributed by atoms with Crippen molar-refractivity contribution in [3.8, 4) is 0 Å². The highest BCUT2D eigenvalue weighted by molar-refractivity contribution is 5.93. The minimum Gasteiger partial charge on any atom is -0.467 e. The third-order valence-electron chi connectivity index (χ3n) is 3.36. The van der Waals surface area contributed by atoms with Gasteiger partial charge < -0.3 is 4.74 Å². The number of ether oxygens (including phenoxy) is 1. The van der Waals surface area contributed by atoms with E-state index in [4.69, 9.17) is 4.74 Å². The molecule has 0 radical (unpaired) electrons. The molecule has 100 valence electrons. The highest BCUT2D eigenvalue weighted by atomic mass is 16.5. The van der Waals surface area contributed by atoms with Gasteiger partial charge in [0.1, 0.15) is 6.10 Å². The Kier molecular flexibility index (Phi) is 3.64. The highest BCUT2D eigenvalue weighted by Gasteiger charge is 2.27. The minimum absolute atomic E-state index is 0.0200. The summed E-state index contributed by atoms with van der Waals surface area (Å²) in [5.41, 5.74) is 2.32. The molecule has 0 aromatic heterocycles. The Morgan fingerprint density at radius 2 is 1.55 bits per heavy atom. The van der Waals surface area contributed by atoms with E-state index in [1.807, 2.05) is 48.6 Å². The molecule has 0 bridgehead atoms. The molecule has 0 spiro atoms. The molecule has 1 aliphatic rings. The van der Waals surface area contributed by atoms with Crippen LogP contribution < -0.4 is 0 Å². The summed E-state index contributed by atoms with van der Waals surface area (Å²) in [6.07, 6.45) is 3.99. The van der Waals surface area contributed by atoms with Gasteiger partial charge >= 0.3 is 0 Å². The van der Waals surface area contributed by atoms with Crippen molar-refractivity contribution in [2.75, 3.05) is 0 Å². The van der Waals surface area contributed by atoms with Crippen LogP contribution in [0.1, 0.15) is 24.2 Å². The molecule has 2 aromatic rings. The van der Waals surface area contributed by atoms with E-state index in [0.29, 0.717) is 5.90 Å². The van der Waals surface area contributed by atoms with Gasteiger partial charge in [0.25, 0.3) is 0 Å².